The molecular formula is C12H23NO2. The van der Waals surface area contributed by atoms with Crippen molar-refractivity contribution in [3.8, 4) is 0 Å². The smallest absolute Gasteiger partial charge is 0.310 e. The highest BCUT2D eigenvalue weighted by Gasteiger charge is 2.20. The van der Waals surface area contributed by atoms with Gasteiger partial charge in [-0.25, -0.2) is 0 Å². The number of rotatable bonds is 6. The van der Waals surface area contributed by atoms with E-state index in [0.29, 0.717) is 6.61 Å². The summed E-state index contributed by atoms with van der Waals surface area (Å²) in [6.45, 7) is 11.1. The van der Waals surface area contributed by atoms with Crippen LogP contribution in [0, 0.1) is 5.92 Å². The Kier molecular flexibility index (Phi) is 7.05. The molecule has 0 spiro atoms. The van der Waals surface area contributed by atoms with Crippen molar-refractivity contribution in [3.63, 3.8) is 0 Å². The first-order valence-electron chi connectivity index (χ1n) is 5.52. The number of nitrogens with one attached hydrogen (secondary N) is 1. The van der Waals surface area contributed by atoms with Crippen LogP contribution in [0.3, 0.4) is 0 Å². The lowest BCUT2D eigenvalue weighted by Crippen LogP contribution is -2.37. The predicted molar refractivity (Wildman–Crippen MR) is 62.7 cm³/mol. The van der Waals surface area contributed by atoms with Crippen molar-refractivity contribution in [1.82, 2.24) is 5.32 Å². The molecule has 0 bridgehead atoms. The lowest BCUT2D eigenvalue weighted by Gasteiger charge is -2.19. The van der Waals surface area contributed by atoms with Gasteiger partial charge in [0.1, 0.15) is 0 Å². The molecule has 0 aliphatic carbocycles. The fourth-order valence-electron chi connectivity index (χ4n) is 1.10. The third-order valence-corrected chi connectivity index (χ3v) is 2.36. The molecule has 15 heavy (non-hydrogen) atoms. The number of hydrogen-bond acceptors (Lipinski definition) is 3. The maximum absolute atomic E-state index is 11.4. The molecule has 0 unspecified atom stereocenters. The maximum Gasteiger partial charge on any atom is 0.310 e. The number of hydrogen-bond donors (Lipinski definition) is 1. The molecule has 0 heterocycles. The third-order valence-electron chi connectivity index (χ3n) is 2.36. The molecule has 3 nitrogen and oxygen atoms in total. The van der Waals surface area contributed by atoms with Gasteiger partial charge in [0, 0.05) is 12.6 Å². The Hall–Kier alpha value is -0.830. The molecule has 2 atom stereocenters. The lowest BCUT2D eigenvalue weighted by molar-refractivity contribution is -0.148. The largest absolute Gasteiger partial charge is 0.466 e. The number of ether oxygens (including phenoxy) is 1. The summed E-state index contributed by atoms with van der Waals surface area (Å²) in [7, 11) is 0. The molecule has 0 aliphatic rings. The average molecular weight is 213 g/mol. The van der Waals surface area contributed by atoms with Crippen molar-refractivity contribution in [1.29, 1.82) is 0 Å². The third kappa shape index (κ3) is 6.28. The van der Waals surface area contributed by atoms with Crippen LogP contribution < -0.4 is 5.32 Å². The summed E-state index contributed by atoms with van der Waals surface area (Å²) >= 11 is 0. The van der Waals surface area contributed by atoms with Gasteiger partial charge in [0.25, 0.3) is 0 Å². The van der Waals surface area contributed by atoms with Crippen LogP contribution in [0.2, 0.25) is 0 Å². The van der Waals surface area contributed by atoms with Gasteiger partial charge in [0.15, 0.2) is 0 Å². The zero-order valence-electron chi connectivity index (χ0n) is 10.5. The first-order chi connectivity index (χ1) is 6.99. The Balaban J connectivity index is 3.93. The molecule has 0 aromatic rings. The van der Waals surface area contributed by atoms with E-state index in [-0.39, 0.29) is 17.9 Å². The van der Waals surface area contributed by atoms with E-state index in [0.717, 1.165) is 6.54 Å². The minimum Gasteiger partial charge on any atom is -0.466 e. The molecule has 0 fully saturated rings. The van der Waals surface area contributed by atoms with Gasteiger partial charge in [0.2, 0.25) is 0 Å². The second-order valence-corrected chi connectivity index (χ2v) is 4.02. The van der Waals surface area contributed by atoms with Crippen LogP contribution in [-0.4, -0.2) is 25.2 Å². The predicted octanol–water partition coefficient (Wildman–Crippen LogP) is 2.13. The number of carbonyl (C=O) groups excluding carboxylic acids is 1. The first kappa shape index (κ1) is 14.2. The van der Waals surface area contributed by atoms with E-state index >= 15 is 0 Å². The summed E-state index contributed by atoms with van der Waals surface area (Å²) in [5.41, 5.74) is 1.28. The fraction of sp³-hybridized carbons (Fsp3) is 0.750. The molecule has 0 aromatic heterocycles. The summed E-state index contributed by atoms with van der Waals surface area (Å²) in [6, 6.07) is 0.139. The van der Waals surface area contributed by atoms with Crippen LogP contribution in [0.4, 0.5) is 0 Å². The molecular weight excluding hydrogens is 190 g/mol. The first-order valence-corrected chi connectivity index (χ1v) is 5.52. The van der Waals surface area contributed by atoms with E-state index in [2.05, 4.69) is 25.2 Å². The summed E-state index contributed by atoms with van der Waals surface area (Å²) in [5.74, 6) is -0.231. The minimum absolute atomic E-state index is 0.101. The molecule has 0 saturated heterocycles. The van der Waals surface area contributed by atoms with Crippen molar-refractivity contribution in [2.24, 2.45) is 5.92 Å². The Morgan fingerprint density at radius 2 is 2.00 bits per heavy atom. The fourth-order valence-corrected chi connectivity index (χ4v) is 1.10. The van der Waals surface area contributed by atoms with Gasteiger partial charge in [-0.3, -0.25) is 4.79 Å². The molecule has 1 N–H and O–H groups in total. The molecule has 0 amide bonds. The SMILES string of the molecule is CCOC(=O)[C@@H](C)[C@@H](C)NCC=C(C)C. The second kappa shape index (κ2) is 7.46. The Morgan fingerprint density at radius 1 is 1.40 bits per heavy atom. The normalized spacial score (nSPS) is 14.2. The van der Waals surface area contributed by atoms with Gasteiger partial charge in [-0.1, -0.05) is 18.6 Å². The second-order valence-electron chi connectivity index (χ2n) is 4.02. The van der Waals surface area contributed by atoms with Gasteiger partial charge >= 0.3 is 5.97 Å². The van der Waals surface area contributed by atoms with Gasteiger partial charge in [-0.15, -0.1) is 0 Å². The lowest BCUT2D eigenvalue weighted by atomic mass is 10.0. The van der Waals surface area contributed by atoms with E-state index in [1.165, 1.54) is 5.57 Å². The monoisotopic (exact) mass is 213 g/mol. The van der Waals surface area contributed by atoms with Crippen molar-refractivity contribution < 1.29 is 9.53 Å². The zero-order valence-corrected chi connectivity index (χ0v) is 10.5. The highest BCUT2D eigenvalue weighted by atomic mass is 16.5. The maximum atomic E-state index is 11.4. The number of esters is 1. The number of allylic oxidation sites excluding steroid dienone is 1. The summed E-state index contributed by atoms with van der Waals surface area (Å²) in [4.78, 5) is 11.4. The summed E-state index contributed by atoms with van der Waals surface area (Å²) in [6.07, 6.45) is 2.11. The molecule has 0 aromatic carbocycles. The Morgan fingerprint density at radius 3 is 2.47 bits per heavy atom. The van der Waals surface area contributed by atoms with E-state index < -0.39 is 0 Å². The quantitative estimate of drug-likeness (QED) is 0.542. The van der Waals surface area contributed by atoms with Crippen molar-refractivity contribution in [3.05, 3.63) is 11.6 Å². The topological polar surface area (TPSA) is 38.3 Å². The van der Waals surface area contributed by atoms with Crippen LogP contribution in [0.25, 0.3) is 0 Å². The Bertz CT molecular complexity index is 220. The molecule has 0 rings (SSSR count). The molecule has 0 radical (unpaired) electrons. The summed E-state index contributed by atoms with van der Waals surface area (Å²) in [5, 5.41) is 3.28. The van der Waals surface area contributed by atoms with E-state index in [4.69, 9.17) is 4.74 Å². The zero-order chi connectivity index (χ0) is 11.8. The number of carbonyl (C=O) groups is 1. The van der Waals surface area contributed by atoms with Crippen molar-refractivity contribution in [2.45, 2.75) is 40.7 Å². The van der Waals surface area contributed by atoms with Gasteiger partial charge < -0.3 is 10.1 Å². The van der Waals surface area contributed by atoms with Crippen LogP contribution >= 0.6 is 0 Å². The molecule has 0 aliphatic heterocycles. The minimum atomic E-state index is -0.130. The molecule has 0 saturated carbocycles. The van der Waals surface area contributed by atoms with E-state index in [9.17, 15) is 4.79 Å². The Labute approximate surface area is 92.9 Å². The highest BCUT2D eigenvalue weighted by Crippen LogP contribution is 2.05. The average Bonchev–Trinajstić information content (AvgIpc) is 2.16. The van der Waals surface area contributed by atoms with Crippen molar-refractivity contribution in [2.75, 3.05) is 13.2 Å². The van der Waals surface area contributed by atoms with Gasteiger partial charge in [-0.2, -0.15) is 0 Å². The molecule has 3 heteroatoms. The van der Waals surface area contributed by atoms with E-state index in [1.807, 2.05) is 20.8 Å². The standard InChI is InChI=1S/C12H23NO2/c1-6-15-12(14)10(4)11(5)13-8-7-9(2)3/h7,10-11,13H,6,8H2,1-5H3/t10-,11+/m0/s1. The molecule has 88 valence electrons. The van der Waals surface area contributed by atoms with Gasteiger partial charge in [-0.05, 0) is 27.7 Å². The van der Waals surface area contributed by atoms with E-state index in [1.54, 1.807) is 0 Å². The van der Waals surface area contributed by atoms with Gasteiger partial charge in [0.05, 0.1) is 12.5 Å². The van der Waals surface area contributed by atoms with Crippen LogP contribution in [0.15, 0.2) is 11.6 Å². The summed E-state index contributed by atoms with van der Waals surface area (Å²) < 4.78 is 4.96. The van der Waals surface area contributed by atoms with Crippen molar-refractivity contribution >= 4 is 5.97 Å². The van der Waals surface area contributed by atoms with Crippen LogP contribution in [0.5, 0.6) is 0 Å². The van der Waals surface area contributed by atoms with Crippen LogP contribution in [-0.2, 0) is 9.53 Å². The highest BCUT2D eigenvalue weighted by molar-refractivity contribution is 5.72. The van der Waals surface area contributed by atoms with Crippen LogP contribution in [0.1, 0.15) is 34.6 Å².